The molecule has 0 N–H and O–H groups in total. The molecule has 0 aliphatic heterocycles. The van der Waals surface area contributed by atoms with Crippen LogP contribution in [-0.2, 0) is 45.2 Å². The Balaban J connectivity index is 0.000000726. The van der Waals surface area contributed by atoms with Gasteiger partial charge in [-0.25, -0.2) is 0 Å². The number of fused-ring (bicyclic) bond motifs is 2. The molecule has 0 aromatic heterocycles. The van der Waals surface area contributed by atoms with Gasteiger partial charge in [0.1, 0.15) is 0 Å². The zero-order valence-electron chi connectivity index (χ0n) is 28.8. The predicted octanol–water partition coefficient (Wildman–Crippen LogP) is 9.93. The van der Waals surface area contributed by atoms with Crippen molar-refractivity contribution in [3.8, 4) is 11.1 Å². The van der Waals surface area contributed by atoms with Gasteiger partial charge in [0.25, 0.3) is 0 Å². The summed E-state index contributed by atoms with van der Waals surface area (Å²) in [7, 11) is -7.50. The average Bonchev–Trinajstić information content (AvgIpc) is 3.16. The van der Waals surface area contributed by atoms with Gasteiger partial charge < -0.3 is 17.3 Å². The van der Waals surface area contributed by atoms with E-state index in [0.29, 0.717) is 0 Å². The van der Waals surface area contributed by atoms with E-state index in [4.69, 9.17) is 0 Å². The van der Waals surface area contributed by atoms with Gasteiger partial charge in [0, 0.05) is 19.5 Å². The molecule has 0 saturated heterocycles. The van der Waals surface area contributed by atoms with E-state index in [1.165, 1.54) is 83.2 Å². The van der Waals surface area contributed by atoms with Crippen molar-refractivity contribution in [1.82, 2.24) is 0 Å². The largest absolute Gasteiger partial charge is 0.673 e. The van der Waals surface area contributed by atoms with Crippen molar-refractivity contribution >= 4 is 54.9 Å². The van der Waals surface area contributed by atoms with Crippen LogP contribution in [0.5, 0.6) is 0 Å². The average molecular weight is 820 g/mol. The molecule has 0 saturated carbocycles. The summed E-state index contributed by atoms with van der Waals surface area (Å²) in [5.41, 5.74) is 9.54. The monoisotopic (exact) mass is 820 g/mol. The van der Waals surface area contributed by atoms with E-state index in [9.17, 15) is 17.3 Å². The van der Waals surface area contributed by atoms with Crippen molar-refractivity contribution in [2.45, 2.75) is 51.4 Å². The van der Waals surface area contributed by atoms with Gasteiger partial charge in [-0.3, -0.25) is 0 Å². The van der Waals surface area contributed by atoms with Crippen LogP contribution < -0.4 is 31.8 Å². The zero-order chi connectivity index (χ0) is 35.2. The maximum absolute atomic E-state index is 9.75. The Morgan fingerprint density at radius 3 is 0.923 bits per heavy atom. The summed E-state index contributed by atoms with van der Waals surface area (Å²) in [5.74, 6) is 0. The first kappa shape index (κ1) is 38.3. The SMILES string of the molecule is F[B-](F)(F)F.[Rh].c1ccc(P(c2ccccc2)c2ccc3c(c2-c2c(P(c4ccccc4)c4ccccc4)ccc4c2CCCC4)CCCC3)cc1. The van der Waals surface area contributed by atoms with Crippen molar-refractivity contribution in [2.24, 2.45) is 0 Å². The molecule has 1 radical (unpaired) electrons. The van der Waals surface area contributed by atoms with E-state index in [0.717, 1.165) is 0 Å². The van der Waals surface area contributed by atoms with Crippen LogP contribution in [0.1, 0.15) is 47.9 Å². The van der Waals surface area contributed by atoms with Gasteiger partial charge in [-0.15, -0.1) is 0 Å². The molecule has 0 amide bonds. The standard InChI is InChI=1S/C44H40P2.BF4.Rh/c1-5-19-35(20-6-1)45(36-21-7-2-8-22-36)41-31-29-33-17-13-15-27-39(33)43(41)44-40-28-16-14-18-34(40)30-32-42(44)46(37-23-9-3-10-24-37)38-25-11-4-12-26-38;2-1(3,4)5;/h1-12,19-26,29-32H,13-18,27-28H2;;/q;-1;. The summed E-state index contributed by atoms with van der Waals surface area (Å²) < 4.78 is 39.0. The maximum atomic E-state index is 9.75. The van der Waals surface area contributed by atoms with Crippen LogP contribution in [0.15, 0.2) is 146 Å². The summed E-state index contributed by atoms with van der Waals surface area (Å²) >= 11 is 0. The van der Waals surface area contributed by atoms with Crippen LogP contribution in [0.2, 0.25) is 0 Å². The third-order valence-electron chi connectivity index (χ3n) is 9.81. The number of halogens is 4. The Kier molecular flexibility index (Phi) is 13.0. The smallest absolute Gasteiger partial charge is 0.418 e. The van der Waals surface area contributed by atoms with Crippen LogP contribution in [-0.4, -0.2) is 7.25 Å². The van der Waals surface area contributed by atoms with Gasteiger partial charge in [0.15, 0.2) is 0 Å². The molecule has 6 aromatic rings. The number of rotatable bonds is 7. The van der Waals surface area contributed by atoms with Crippen molar-refractivity contribution in [3.63, 3.8) is 0 Å². The first-order chi connectivity index (χ1) is 24.9. The summed E-state index contributed by atoms with van der Waals surface area (Å²) in [6.45, 7) is 0. The summed E-state index contributed by atoms with van der Waals surface area (Å²) in [6, 6.07) is 55.5. The molecular formula is C44H40BF4P2Rh-. The van der Waals surface area contributed by atoms with Crippen molar-refractivity contribution in [1.29, 1.82) is 0 Å². The number of aryl methyl sites for hydroxylation is 2. The zero-order valence-corrected chi connectivity index (χ0v) is 32.3. The Bertz CT molecular complexity index is 1830. The van der Waals surface area contributed by atoms with Gasteiger partial charge >= 0.3 is 7.25 Å². The molecule has 0 nitrogen and oxygen atoms in total. The van der Waals surface area contributed by atoms with Crippen LogP contribution in [0, 0.1) is 0 Å². The topological polar surface area (TPSA) is 0 Å². The number of hydrogen-bond donors (Lipinski definition) is 0. The van der Waals surface area contributed by atoms with Gasteiger partial charge in [0.2, 0.25) is 0 Å². The molecule has 0 heterocycles. The van der Waals surface area contributed by atoms with E-state index in [-0.39, 0.29) is 19.5 Å². The van der Waals surface area contributed by atoms with Gasteiger partial charge in [-0.2, -0.15) is 0 Å². The van der Waals surface area contributed by atoms with Gasteiger partial charge in [0.05, 0.1) is 0 Å². The molecule has 0 unspecified atom stereocenters. The Labute approximate surface area is 320 Å². The Morgan fingerprint density at radius 1 is 0.365 bits per heavy atom. The molecule has 52 heavy (non-hydrogen) atoms. The number of hydrogen-bond acceptors (Lipinski definition) is 0. The van der Waals surface area contributed by atoms with E-state index in [2.05, 4.69) is 146 Å². The van der Waals surface area contributed by atoms with E-state index in [1.807, 2.05) is 0 Å². The molecular weight excluding hydrogens is 780 g/mol. The molecule has 8 rings (SSSR count). The molecule has 0 bridgehead atoms. The quantitative estimate of drug-likeness (QED) is 0.0856. The van der Waals surface area contributed by atoms with E-state index >= 15 is 0 Å². The fourth-order valence-corrected chi connectivity index (χ4v) is 12.7. The fourth-order valence-electron chi connectivity index (χ4n) is 7.72. The molecule has 0 spiro atoms. The second-order valence-electron chi connectivity index (χ2n) is 13.1. The van der Waals surface area contributed by atoms with Crippen LogP contribution in [0.4, 0.5) is 17.3 Å². The second-order valence-corrected chi connectivity index (χ2v) is 17.5. The van der Waals surface area contributed by atoms with Crippen LogP contribution in [0.25, 0.3) is 11.1 Å². The molecule has 0 atom stereocenters. The maximum Gasteiger partial charge on any atom is 0.673 e. The summed E-state index contributed by atoms with van der Waals surface area (Å²) in [6.07, 6.45) is 9.84. The molecule has 8 heteroatoms. The molecule has 2 aliphatic carbocycles. The van der Waals surface area contributed by atoms with Crippen molar-refractivity contribution in [2.75, 3.05) is 0 Å². The second kappa shape index (κ2) is 17.6. The van der Waals surface area contributed by atoms with E-state index in [1.54, 1.807) is 33.4 Å². The Morgan fingerprint density at radius 2 is 0.635 bits per heavy atom. The third-order valence-corrected chi connectivity index (χ3v) is 14.8. The van der Waals surface area contributed by atoms with Crippen molar-refractivity contribution < 1.29 is 36.7 Å². The first-order valence-corrected chi connectivity index (χ1v) is 20.5. The minimum atomic E-state index is -6.00. The first-order valence-electron chi connectivity index (χ1n) is 17.8. The third kappa shape index (κ3) is 8.85. The molecule has 2 aliphatic rings. The molecule has 6 aromatic carbocycles. The normalized spacial score (nSPS) is 13.7. The summed E-state index contributed by atoms with van der Waals surface area (Å²) in [5, 5.41) is 8.79. The van der Waals surface area contributed by atoms with Crippen LogP contribution in [0.3, 0.4) is 0 Å². The predicted molar refractivity (Wildman–Crippen MR) is 213 cm³/mol. The van der Waals surface area contributed by atoms with Crippen molar-refractivity contribution in [3.05, 3.63) is 168 Å². The number of benzene rings is 6. The molecule has 0 fully saturated rings. The van der Waals surface area contributed by atoms with E-state index < -0.39 is 23.1 Å². The Hall–Kier alpha value is -3.41. The fraction of sp³-hybridized carbons (Fsp3) is 0.182. The molecule has 267 valence electrons. The van der Waals surface area contributed by atoms with Gasteiger partial charge in [-0.05, 0) is 132 Å². The minimum Gasteiger partial charge on any atom is -0.418 e. The summed E-state index contributed by atoms with van der Waals surface area (Å²) in [4.78, 5) is 0. The van der Waals surface area contributed by atoms with Gasteiger partial charge in [-0.1, -0.05) is 146 Å². The van der Waals surface area contributed by atoms with Crippen LogP contribution >= 0.6 is 15.8 Å². The minimum absolute atomic E-state index is 0.